The molecule has 0 bridgehead atoms. The smallest absolute Gasteiger partial charge is 0.423 e. The fourth-order valence-corrected chi connectivity index (χ4v) is 3.15. The van der Waals surface area contributed by atoms with Gasteiger partial charge < -0.3 is 9.84 Å². The molecule has 1 aromatic heterocycles. The lowest BCUT2D eigenvalue weighted by Crippen LogP contribution is -2.50. The number of fused-ring (bicyclic) bond motifs is 2. The van der Waals surface area contributed by atoms with Crippen molar-refractivity contribution in [3.8, 4) is 5.75 Å². The van der Waals surface area contributed by atoms with E-state index in [9.17, 15) is 18.7 Å². The summed E-state index contributed by atoms with van der Waals surface area (Å²) in [6.45, 7) is 1.36. The van der Waals surface area contributed by atoms with Crippen molar-refractivity contribution in [2.75, 3.05) is 4.90 Å². The number of nitrogens with zero attached hydrogens (tertiary/aromatic N) is 4. The molecule has 0 saturated carbocycles. The number of amides is 1. The van der Waals surface area contributed by atoms with Crippen LogP contribution in [0, 0.1) is 0 Å². The highest BCUT2D eigenvalue weighted by molar-refractivity contribution is 6.01. The first-order chi connectivity index (χ1) is 12.8. The largest absolute Gasteiger partial charge is 0.483 e. The van der Waals surface area contributed by atoms with Gasteiger partial charge in [0.25, 0.3) is 0 Å². The van der Waals surface area contributed by atoms with Crippen molar-refractivity contribution in [3.63, 3.8) is 0 Å². The first-order valence-corrected chi connectivity index (χ1v) is 8.26. The molecule has 27 heavy (non-hydrogen) atoms. The Bertz CT molecular complexity index is 1050. The third kappa shape index (κ3) is 2.80. The van der Waals surface area contributed by atoms with E-state index in [1.807, 2.05) is 0 Å². The van der Waals surface area contributed by atoms with Crippen LogP contribution in [-0.2, 0) is 18.4 Å². The van der Waals surface area contributed by atoms with Crippen LogP contribution in [-0.4, -0.2) is 32.1 Å². The molecule has 4 rings (SSSR count). The molecule has 9 heteroatoms. The Morgan fingerprint density at radius 3 is 2.81 bits per heavy atom. The molecule has 2 aromatic carbocycles. The van der Waals surface area contributed by atoms with Gasteiger partial charge >= 0.3 is 12.0 Å². The second-order valence-corrected chi connectivity index (χ2v) is 6.42. The SMILES string of the molecule is CC(O)c1cccc2c1OC(F)(F)C(=O)N2Cc1ccc2nnn(C)c2c1. The van der Waals surface area contributed by atoms with Crippen LogP contribution in [0.3, 0.4) is 0 Å². The molecule has 1 atom stereocenters. The highest BCUT2D eigenvalue weighted by Gasteiger charge is 2.51. The first-order valence-electron chi connectivity index (χ1n) is 8.26. The van der Waals surface area contributed by atoms with Gasteiger partial charge in [0, 0.05) is 12.6 Å². The maximum absolute atomic E-state index is 14.2. The Morgan fingerprint density at radius 2 is 2.07 bits per heavy atom. The van der Waals surface area contributed by atoms with E-state index < -0.39 is 18.1 Å². The zero-order valence-corrected chi connectivity index (χ0v) is 14.6. The highest BCUT2D eigenvalue weighted by atomic mass is 19.3. The van der Waals surface area contributed by atoms with Gasteiger partial charge in [-0.25, -0.2) is 4.68 Å². The molecule has 1 unspecified atom stereocenters. The van der Waals surface area contributed by atoms with Crippen molar-refractivity contribution in [2.45, 2.75) is 25.7 Å². The quantitative estimate of drug-likeness (QED) is 0.762. The molecule has 1 amide bonds. The predicted octanol–water partition coefficient (Wildman–Crippen LogP) is 2.54. The summed E-state index contributed by atoms with van der Waals surface area (Å²) in [6, 6.07) is 9.75. The number of carbonyl (C=O) groups is 1. The number of aliphatic hydroxyl groups is 1. The summed E-state index contributed by atoms with van der Waals surface area (Å²) in [4.78, 5) is 13.3. The lowest BCUT2D eigenvalue weighted by molar-refractivity contribution is -0.193. The maximum Gasteiger partial charge on any atom is 0.483 e. The molecular formula is C18H16F2N4O3. The van der Waals surface area contributed by atoms with Gasteiger partial charge in [-0.05, 0) is 30.7 Å². The van der Waals surface area contributed by atoms with Crippen LogP contribution in [0.1, 0.15) is 24.2 Å². The van der Waals surface area contributed by atoms with E-state index in [2.05, 4.69) is 15.0 Å². The van der Waals surface area contributed by atoms with Crippen LogP contribution in [0.4, 0.5) is 14.5 Å². The van der Waals surface area contributed by atoms with Gasteiger partial charge in [0.05, 0.1) is 23.9 Å². The van der Waals surface area contributed by atoms with Crippen molar-refractivity contribution in [1.82, 2.24) is 15.0 Å². The normalized spacial score (nSPS) is 16.9. The van der Waals surface area contributed by atoms with Gasteiger partial charge in [-0.1, -0.05) is 23.4 Å². The third-order valence-corrected chi connectivity index (χ3v) is 4.51. The third-order valence-electron chi connectivity index (χ3n) is 4.51. The number of halogens is 2. The van der Waals surface area contributed by atoms with E-state index in [0.717, 1.165) is 10.4 Å². The van der Waals surface area contributed by atoms with E-state index in [1.54, 1.807) is 36.0 Å². The molecule has 2 heterocycles. The van der Waals surface area contributed by atoms with Gasteiger partial charge in [0.2, 0.25) is 0 Å². The van der Waals surface area contributed by atoms with Crippen molar-refractivity contribution in [3.05, 3.63) is 47.5 Å². The molecule has 0 saturated heterocycles. The minimum atomic E-state index is -4.02. The number of rotatable bonds is 3. The summed E-state index contributed by atoms with van der Waals surface area (Å²) >= 11 is 0. The summed E-state index contributed by atoms with van der Waals surface area (Å²) in [5, 5.41) is 17.8. The number of aryl methyl sites for hydroxylation is 1. The highest BCUT2D eigenvalue weighted by Crippen LogP contribution is 2.44. The summed E-state index contributed by atoms with van der Waals surface area (Å²) in [5.74, 6) is -1.65. The van der Waals surface area contributed by atoms with E-state index >= 15 is 0 Å². The number of hydrogen-bond donors (Lipinski definition) is 1. The van der Waals surface area contributed by atoms with Crippen molar-refractivity contribution in [2.24, 2.45) is 7.05 Å². The zero-order valence-electron chi connectivity index (χ0n) is 14.6. The van der Waals surface area contributed by atoms with Crippen LogP contribution in [0.15, 0.2) is 36.4 Å². The fraction of sp³-hybridized carbons (Fsp3) is 0.278. The molecule has 1 N–H and O–H groups in total. The number of ether oxygens (including phenoxy) is 1. The van der Waals surface area contributed by atoms with Gasteiger partial charge in [0.1, 0.15) is 5.52 Å². The number of anilines is 1. The number of aromatic nitrogens is 3. The lowest BCUT2D eigenvalue weighted by Gasteiger charge is -2.35. The van der Waals surface area contributed by atoms with Gasteiger partial charge in [0.15, 0.2) is 5.75 Å². The van der Waals surface area contributed by atoms with Crippen molar-refractivity contribution >= 4 is 22.6 Å². The number of carbonyl (C=O) groups excluding carboxylic acids is 1. The van der Waals surface area contributed by atoms with Crippen LogP contribution >= 0.6 is 0 Å². The molecule has 1 aliphatic heterocycles. The van der Waals surface area contributed by atoms with Crippen LogP contribution in [0.5, 0.6) is 5.75 Å². The number of para-hydroxylation sites is 1. The molecule has 0 spiro atoms. The minimum absolute atomic E-state index is 0.0881. The molecule has 140 valence electrons. The number of aliphatic hydroxyl groups excluding tert-OH is 1. The number of hydrogen-bond acceptors (Lipinski definition) is 5. The predicted molar refractivity (Wildman–Crippen MR) is 92.3 cm³/mol. The van der Waals surface area contributed by atoms with Crippen molar-refractivity contribution in [1.29, 1.82) is 0 Å². The summed E-state index contributed by atoms with van der Waals surface area (Å²) in [6.07, 6.45) is -5.04. The van der Waals surface area contributed by atoms with Gasteiger partial charge in [-0.2, -0.15) is 8.78 Å². The van der Waals surface area contributed by atoms with Gasteiger partial charge in [-0.15, -0.1) is 5.10 Å². The minimum Gasteiger partial charge on any atom is -0.423 e. The lowest BCUT2D eigenvalue weighted by atomic mass is 10.1. The fourth-order valence-electron chi connectivity index (χ4n) is 3.15. The average Bonchev–Trinajstić information content (AvgIpc) is 2.99. The molecule has 1 aliphatic rings. The zero-order chi connectivity index (χ0) is 19.3. The summed E-state index contributed by atoms with van der Waals surface area (Å²) < 4.78 is 34.7. The Hall–Kier alpha value is -3.07. The molecule has 0 fully saturated rings. The number of alkyl halides is 2. The first kappa shape index (κ1) is 17.3. The van der Waals surface area contributed by atoms with Crippen LogP contribution in [0.25, 0.3) is 11.0 Å². The van der Waals surface area contributed by atoms with Gasteiger partial charge in [-0.3, -0.25) is 9.69 Å². The van der Waals surface area contributed by atoms with Crippen molar-refractivity contribution < 1.29 is 23.4 Å². The van der Waals surface area contributed by atoms with Crippen LogP contribution < -0.4 is 9.64 Å². The number of benzene rings is 2. The van der Waals surface area contributed by atoms with Crippen LogP contribution in [0.2, 0.25) is 0 Å². The Morgan fingerprint density at radius 1 is 1.30 bits per heavy atom. The van der Waals surface area contributed by atoms with E-state index in [0.29, 0.717) is 11.1 Å². The Labute approximate surface area is 152 Å². The molecule has 0 aliphatic carbocycles. The standard InChI is InChI=1S/C18H16F2N4O3/c1-10(25)12-4-3-5-14-16(12)27-18(19,20)17(26)24(14)9-11-6-7-13-15(8-11)23(2)22-21-13/h3-8,10,25H,9H2,1-2H3. The van der Waals surface area contributed by atoms with E-state index in [4.69, 9.17) is 0 Å². The van der Waals surface area contributed by atoms with E-state index in [-0.39, 0.29) is 23.5 Å². The molecule has 0 radical (unpaired) electrons. The Kier molecular flexibility index (Phi) is 3.84. The second kappa shape index (κ2) is 5.98. The monoisotopic (exact) mass is 374 g/mol. The second-order valence-electron chi connectivity index (χ2n) is 6.42. The summed E-state index contributed by atoms with van der Waals surface area (Å²) in [5.41, 5.74) is 2.39. The maximum atomic E-state index is 14.2. The summed E-state index contributed by atoms with van der Waals surface area (Å²) in [7, 11) is 1.72. The molecular weight excluding hydrogens is 358 g/mol. The Balaban J connectivity index is 1.80. The van der Waals surface area contributed by atoms with E-state index in [1.165, 1.54) is 19.1 Å². The molecule has 3 aromatic rings. The molecule has 7 nitrogen and oxygen atoms in total. The topological polar surface area (TPSA) is 80.5 Å². The average molecular weight is 374 g/mol.